The Kier molecular flexibility index (Phi) is 2.99. The highest BCUT2D eigenvalue weighted by Gasteiger charge is 1.99. The van der Waals surface area contributed by atoms with Crippen molar-refractivity contribution in [2.45, 2.75) is 0 Å². The monoisotopic (exact) mass is 225 g/mol. The Bertz CT molecular complexity index is 305. The Balaban J connectivity index is 3.08. The lowest BCUT2D eigenvalue weighted by Crippen LogP contribution is -1.99. The summed E-state index contributed by atoms with van der Waals surface area (Å²) in [7, 11) is 0. The van der Waals surface area contributed by atoms with Crippen molar-refractivity contribution in [3.63, 3.8) is 0 Å². The Morgan fingerprint density at radius 3 is 2.92 bits per heavy atom. The minimum Gasteiger partial charge on any atom is -0.397 e. The van der Waals surface area contributed by atoms with Gasteiger partial charge in [-0.3, -0.25) is 4.98 Å². The molecule has 0 atom stereocenters. The summed E-state index contributed by atoms with van der Waals surface area (Å²) in [6, 6.07) is 3.64. The predicted molar refractivity (Wildman–Crippen MR) is 53.1 cm³/mol. The molecule has 0 spiro atoms. The van der Waals surface area contributed by atoms with Crippen molar-refractivity contribution in [3.8, 4) is 0 Å². The van der Waals surface area contributed by atoms with Gasteiger partial charge in [0.15, 0.2) is 0 Å². The summed E-state index contributed by atoms with van der Waals surface area (Å²) in [5.74, 6) is 0. The number of allylic oxidation sites excluding steroid dienone is 1. The number of pyridine rings is 1. The molecule has 0 radical (unpaired) electrons. The van der Waals surface area contributed by atoms with Gasteiger partial charge in [-0.05, 0) is 28.1 Å². The largest absolute Gasteiger partial charge is 0.397 e. The number of hydrogen-bond donors (Lipinski definition) is 2. The van der Waals surface area contributed by atoms with Crippen molar-refractivity contribution in [1.82, 2.24) is 4.98 Å². The van der Waals surface area contributed by atoms with E-state index in [9.17, 15) is 0 Å². The Morgan fingerprint density at radius 2 is 2.42 bits per heavy atom. The van der Waals surface area contributed by atoms with Crippen molar-refractivity contribution < 1.29 is 0 Å². The summed E-state index contributed by atoms with van der Waals surface area (Å²) in [6.45, 7) is 0. The first-order valence-electron chi connectivity index (χ1n) is 3.32. The number of aromatic nitrogens is 1. The molecule has 0 saturated heterocycles. The molecular weight excluding hydrogens is 218 g/mol. The maximum Gasteiger partial charge on any atom is 0.0587 e. The Labute approximate surface area is 78.9 Å². The zero-order chi connectivity index (χ0) is 8.97. The van der Waals surface area contributed by atoms with E-state index in [-0.39, 0.29) is 0 Å². The molecule has 0 amide bonds. The van der Waals surface area contributed by atoms with E-state index in [2.05, 4.69) is 20.9 Å². The number of nitrogens with two attached hydrogens (primary N) is 1. The fraction of sp³-hybridized carbons (Fsp3) is 0. The van der Waals surface area contributed by atoms with Gasteiger partial charge in [-0.1, -0.05) is 0 Å². The molecule has 0 aliphatic heterocycles. The van der Waals surface area contributed by atoms with Gasteiger partial charge in [-0.25, -0.2) is 0 Å². The fourth-order valence-electron chi connectivity index (χ4n) is 0.738. The molecule has 1 rings (SSSR count). The van der Waals surface area contributed by atoms with Crippen molar-refractivity contribution >= 4 is 27.8 Å². The first-order chi connectivity index (χ1) is 5.75. The highest BCUT2D eigenvalue weighted by Crippen LogP contribution is 2.14. The van der Waals surface area contributed by atoms with Crippen molar-refractivity contribution in [1.29, 1.82) is 5.41 Å². The molecule has 4 heteroatoms. The first-order valence-corrected chi connectivity index (χ1v) is 4.11. The molecule has 1 aromatic heterocycles. The second-order valence-corrected chi connectivity index (χ2v) is 3.00. The molecule has 0 aliphatic rings. The van der Waals surface area contributed by atoms with Gasteiger partial charge in [0.1, 0.15) is 0 Å². The van der Waals surface area contributed by atoms with Crippen LogP contribution in [0.4, 0.5) is 0 Å². The van der Waals surface area contributed by atoms with Crippen LogP contribution in [0, 0.1) is 5.41 Å². The highest BCUT2D eigenvalue weighted by molar-refractivity contribution is 9.12. The van der Waals surface area contributed by atoms with Gasteiger partial charge in [0.25, 0.3) is 0 Å². The van der Waals surface area contributed by atoms with Gasteiger partial charge in [0, 0.05) is 24.2 Å². The first kappa shape index (κ1) is 8.93. The number of hydrogen-bond acceptors (Lipinski definition) is 3. The van der Waals surface area contributed by atoms with Crippen LogP contribution in [-0.4, -0.2) is 11.2 Å². The van der Waals surface area contributed by atoms with Gasteiger partial charge in [0.2, 0.25) is 0 Å². The molecule has 3 nitrogen and oxygen atoms in total. The van der Waals surface area contributed by atoms with Crippen LogP contribution in [0.15, 0.2) is 29.0 Å². The van der Waals surface area contributed by atoms with Gasteiger partial charge >= 0.3 is 0 Å². The Hall–Kier alpha value is -1.16. The molecule has 0 aliphatic carbocycles. The van der Waals surface area contributed by atoms with Crippen molar-refractivity contribution in [2.75, 3.05) is 0 Å². The smallest absolute Gasteiger partial charge is 0.0587 e. The lowest BCUT2D eigenvalue weighted by Gasteiger charge is -2.00. The molecule has 0 unspecified atom stereocenters. The van der Waals surface area contributed by atoms with Crippen LogP contribution in [0.1, 0.15) is 5.56 Å². The van der Waals surface area contributed by atoms with Gasteiger partial charge in [-0.2, -0.15) is 0 Å². The summed E-state index contributed by atoms with van der Waals surface area (Å²) in [6.07, 6.45) is 4.48. The number of halogens is 1. The Morgan fingerprint density at radius 1 is 1.67 bits per heavy atom. The number of nitrogens with one attached hydrogen (secondary N) is 1. The molecule has 62 valence electrons. The average molecular weight is 226 g/mol. The average Bonchev–Trinajstić information content (AvgIpc) is 2.17. The lowest BCUT2D eigenvalue weighted by atomic mass is 10.2. The standard InChI is InChI=1S/C8H8BrN3/c9-7(4-10)8(11)6-2-1-3-12-5-6/h1-5,10H,11H2. The van der Waals surface area contributed by atoms with Gasteiger partial charge in [-0.15, -0.1) is 0 Å². The molecular formula is C8H8BrN3. The van der Waals surface area contributed by atoms with Crippen molar-refractivity contribution in [2.24, 2.45) is 5.73 Å². The highest BCUT2D eigenvalue weighted by atomic mass is 79.9. The molecule has 0 aromatic carbocycles. The second kappa shape index (κ2) is 4.01. The summed E-state index contributed by atoms with van der Waals surface area (Å²) < 4.78 is 0.565. The second-order valence-electron chi connectivity index (χ2n) is 2.15. The SMILES string of the molecule is N=CC(Br)=C(N)c1cccnc1. The molecule has 1 aromatic rings. The fourth-order valence-corrected chi connectivity index (χ4v) is 0.967. The maximum absolute atomic E-state index is 6.96. The maximum atomic E-state index is 6.96. The summed E-state index contributed by atoms with van der Waals surface area (Å²) in [4.78, 5) is 3.91. The summed E-state index contributed by atoms with van der Waals surface area (Å²) in [5, 5.41) is 6.96. The van der Waals surface area contributed by atoms with E-state index in [0.717, 1.165) is 11.8 Å². The van der Waals surface area contributed by atoms with E-state index in [4.69, 9.17) is 11.1 Å². The minimum absolute atomic E-state index is 0.526. The van der Waals surface area contributed by atoms with E-state index in [0.29, 0.717) is 10.2 Å². The van der Waals surface area contributed by atoms with E-state index in [1.807, 2.05) is 6.07 Å². The van der Waals surface area contributed by atoms with Crippen molar-refractivity contribution in [3.05, 3.63) is 34.6 Å². The molecule has 1 heterocycles. The van der Waals surface area contributed by atoms with Crippen LogP contribution in [0.25, 0.3) is 5.70 Å². The molecule has 3 N–H and O–H groups in total. The molecule has 0 fully saturated rings. The molecule has 0 bridgehead atoms. The molecule has 12 heavy (non-hydrogen) atoms. The third kappa shape index (κ3) is 1.92. The van der Waals surface area contributed by atoms with Crippen LogP contribution in [0.5, 0.6) is 0 Å². The van der Waals surface area contributed by atoms with E-state index >= 15 is 0 Å². The van der Waals surface area contributed by atoms with E-state index in [1.165, 1.54) is 0 Å². The zero-order valence-corrected chi connectivity index (χ0v) is 7.88. The lowest BCUT2D eigenvalue weighted by molar-refractivity contribution is 1.30. The van der Waals surface area contributed by atoms with Crippen LogP contribution < -0.4 is 5.73 Å². The zero-order valence-electron chi connectivity index (χ0n) is 6.29. The van der Waals surface area contributed by atoms with E-state index in [1.54, 1.807) is 18.5 Å². The predicted octanol–water partition coefficient (Wildman–Crippen LogP) is 1.75. The van der Waals surface area contributed by atoms with Crippen LogP contribution >= 0.6 is 15.9 Å². The number of rotatable bonds is 2. The van der Waals surface area contributed by atoms with E-state index < -0.39 is 0 Å². The topological polar surface area (TPSA) is 62.8 Å². The summed E-state index contributed by atoms with van der Waals surface area (Å²) >= 11 is 3.16. The van der Waals surface area contributed by atoms with Gasteiger partial charge < -0.3 is 11.1 Å². The van der Waals surface area contributed by atoms with Gasteiger partial charge in [0.05, 0.1) is 10.2 Å². The third-order valence-corrected chi connectivity index (χ3v) is 2.01. The van der Waals surface area contributed by atoms with Crippen LogP contribution in [0.2, 0.25) is 0 Å². The third-order valence-electron chi connectivity index (χ3n) is 1.36. The normalized spacial score (nSPS) is 12.1. The quantitative estimate of drug-likeness (QED) is 0.754. The number of nitrogens with zero attached hydrogens (tertiary/aromatic N) is 1. The molecule has 0 saturated carbocycles. The minimum atomic E-state index is 0.526. The van der Waals surface area contributed by atoms with Crippen LogP contribution in [-0.2, 0) is 0 Å². The summed E-state index contributed by atoms with van der Waals surface area (Å²) in [5.41, 5.74) is 7.03. The van der Waals surface area contributed by atoms with Crippen LogP contribution in [0.3, 0.4) is 0 Å².